The van der Waals surface area contributed by atoms with Crippen molar-refractivity contribution in [2.24, 2.45) is 0 Å². The number of aromatic amines is 2. The molecule has 108 valence electrons. The molecule has 0 aliphatic heterocycles. The average molecular weight is 305 g/mol. The van der Waals surface area contributed by atoms with E-state index in [2.05, 4.69) is 19.9 Å². The van der Waals surface area contributed by atoms with Gasteiger partial charge in [0.1, 0.15) is 0 Å². The van der Waals surface area contributed by atoms with E-state index in [1.165, 1.54) is 24.2 Å². The van der Waals surface area contributed by atoms with Gasteiger partial charge in [-0.3, -0.25) is 9.78 Å². The fraction of sp³-hybridized carbons (Fsp3) is 0.0833. The van der Waals surface area contributed by atoms with E-state index in [0.29, 0.717) is 22.1 Å². The molecule has 0 aliphatic carbocycles. The Balaban J connectivity index is 1.80. The Morgan fingerprint density at radius 1 is 1.43 bits per heavy atom. The summed E-state index contributed by atoms with van der Waals surface area (Å²) in [6, 6.07) is 6.64. The van der Waals surface area contributed by atoms with Crippen LogP contribution in [0.4, 0.5) is 5.69 Å². The molecule has 0 amide bonds. The van der Waals surface area contributed by atoms with Crippen molar-refractivity contribution in [1.82, 2.24) is 19.9 Å². The number of rotatable bonds is 4. The fourth-order valence-electron chi connectivity index (χ4n) is 1.84. The summed E-state index contributed by atoms with van der Waals surface area (Å²) in [5, 5.41) is 19.3. The Morgan fingerprint density at radius 3 is 3.10 bits per heavy atom. The van der Waals surface area contributed by atoms with Crippen molar-refractivity contribution in [1.29, 1.82) is 0 Å². The summed E-state index contributed by atoms with van der Waals surface area (Å²) in [4.78, 5) is 25.3. The fourth-order valence-corrected chi connectivity index (χ4v) is 2.64. The minimum atomic E-state index is -0.966. The third-order valence-corrected chi connectivity index (χ3v) is 3.77. The van der Waals surface area contributed by atoms with Gasteiger partial charge in [-0.05, 0) is 5.56 Å². The molecule has 9 heteroatoms. The third-order valence-electron chi connectivity index (χ3n) is 2.82. The summed E-state index contributed by atoms with van der Waals surface area (Å²) in [5.41, 5.74) is 1.49. The number of aromatic nitrogens is 4. The molecule has 1 unspecified atom stereocenters. The largest absolute Gasteiger partial charge is 0.595 e. The van der Waals surface area contributed by atoms with Crippen LogP contribution < -0.4 is 10.8 Å². The molecule has 2 heterocycles. The molecule has 0 bridgehead atoms. The van der Waals surface area contributed by atoms with Crippen molar-refractivity contribution in [2.45, 2.75) is 10.9 Å². The lowest BCUT2D eigenvalue weighted by Crippen LogP contribution is -2.99. The van der Waals surface area contributed by atoms with E-state index in [-0.39, 0.29) is 11.2 Å². The van der Waals surface area contributed by atoms with Crippen LogP contribution in [0, 0.1) is 5.21 Å². The van der Waals surface area contributed by atoms with Crippen molar-refractivity contribution in [3.05, 3.63) is 51.7 Å². The van der Waals surface area contributed by atoms with Gasteiger partial charge in [-0.1, -0.05) is 23.9 Å². The number of imidazole rings is 1. The molecule has 0 fully saturated rings. The van der Waals surface area contributed by atoms with Crippen LogP contribution in [0.5, 0.6) is 0 Å². The summed E-state index contributed by atoms with van der Waals surface area (Å²) in [5.74, 6) is 0.500. The number of hydrogen-bond acceptors (Lipinski definition) is 6. The first kappa shape index (κ1) is 13.8. The standard InChI is InChI=1S/C12H11N5O3S/c18-11-9-10(14-6-13-9)15-12(16-11)21-5-7-2-1-3-8(4-7)17(19)20/h1-4,6,17,19H,5H2,(H2,13,14,15,16,18). The Hall–Kier alpha value is -2.20. The molecule has 3 aromatic rings. The van der Waals surface area contributed by atoms with Crippen LogP contribution in [-0.4, -0.2) is 25.1 Å². The summed E-state index contributed by atoms with van der Waals surface area (Å²) in [6.07, 6.45) is 1.41. The second-order valence-corrected chi connectivity index (χ2v) is 5.23. The first-order valence-electron chi connectivity index (χ1n) is 6.02. The average Bonchev–Trinajstić information content (AvgIpc) is 2.94. The van der Waals surface area contributed by atoms with Crippen molar-refractivity contribution < 1.29 is 10.4 Å². The number of benzene rings is 1. The van der Waals surface area contributed by atoms with E-state index in [9.17, 15) is 10.0 Å². The minimum Gasteiger partial charge on any atom is -0.595 e. The molecule has 0 saturated carbocycles. The topological polar surface area (TPSA) is 122 Å². The Morgan fingerprint density at radius 2 is 2.29 bits per heavy atom. The number of quaternary nitrogens is 1. The van der Waals surface area contributed by atoms with Gasteiger partial charge in [0, 0.05) is 17.9 Å². The van der Waals surface area contributed by atoms with E-state index >= 15 is 0 Å². The van der Waals surface area contributed by atoms with E-state index in [4.69, 9.17) is 5.21 Å². The zero-order valence-corrected chi connectivity index (χ0v) is 11.5. The number of H-pyrrole nitrogens is 2. The molecule has 8 nitrogen and oxygen atoms in total. The maximum absolute atomic E-state index is 11.8. The Labute approximate surface area is 122 Å². The lowest BCUT2D eigenvalue weighted by atomic mass is 10.2. The molecule has 0 saturated heterocycles. The first-order chi connectivity index (χ1) is 10.1. The van der Waals surface area contributed by atoms with Gasteiger partial charge in [-0.15, -0.1) is 0 Å². The Kier molecular flexibility index (Phi) is 3.71. The monoisotopic (exact) mass is 305 g/mol. The van der Waals surface area contributed by atoms with Crippen molar-refractivity contribution in [3.63, 3.8) is 0 Å². The molecule has 3 rings (SSSR count). The first-order valence-corrected chi connectivity index (χ1v) is 7.00. The molecule has 0 aliphatic rings. The van der Waals surface area contributed by atoms with E-state index < -0.39 is 5.23 Å². The SMILES string of the molecule is O=c1[nH]c(SCc2cccc([NH+]([O-])O)c2)nc2nc[nH]c12. The highest BCUT2D eigenvalue weighted by Crippen LogP contribution is 2.20. The quantitative estimate of drug-likeness (QED) is 0.313. The second kappa shape index (κ2) is 5.66. The summed E-state index contributed by atoms with van der Waals surface area (Å²) in [6.45, 7) is 0. The molecule has 4 N–H and O–H groups in total. The van der Waals surface area contributed by atoms with Crippen LogP contribution in [0.1, 0.15) is 5.56 Å². The van der Waals surface area contributed by atoms with E-state index in [1.807, 2.05) is 6.07 Å². The van der Waals surface area contributed by atoms with E-state index in [0.717, 1.165) is 5.56 Å². The predicted molar refractivity (Wildman–Crippen MR) is 76.3 cm³/mol. The van der Waals surface area contributed by atoms with Crippen LogP contribution in [0.3, 0.4) is 0 Å². The lowest BCUT2D eigenvalue weighted by Gasteiger charge is -2.12. The van der Waals surface area contributed by atoms with Crippen LogP contribution >= 0.6 is 11.8 Å². The normalized spacial score (nSPS) is 12.7. The van der Waals surface area contributed by atoms with Gasteiger partial charge in [0.25, 0.3) is 5.56 Å². The maximum Gasteiger partial charge on any atom is 0.277 e. The number of nitrogens with zero attached hydrogens (tertiary/aromatic N) is 2. The number of nitrogens with one attached hydrogen (secondary N) is 3. The highest BCUT2D eigenvalue weighted by molar-refractivity contribution is 7.98. The molecular weight excluding hydrogens is 294 g/mol. The molecule has 2 aromatic heterocycles. The van der Waals surface area contributed by atoms with Gasteiger partial charge in [0.05, 0.1) is 6.33 Å². The Bertz CT molecular complexity index is 829. The minimum absolute atomic E-state index is 0.234. The molecule has 1 atom stereocenters. The van der Waals surface area contributed by atoms with E-state index in [1.54, 1.807) is 12.1 Å². The summed E-state index contributed by atoms with van der Waals surface area (Å²) < 4.78 is 0. The van der Waals surface area contributed by atoms with Crippen LogP contribution in [0.2, 0.25) is 0 Å². The number of fused-ring (bicyclic) bond motifs is 1. The molecular formula is C12H11N5O3S. The van der Waals surface area contributed by atoms with Crippen LogP contribution in [-0.2, 0) is 5.75 Å². The third kappa shape index (κ3) is 2.95. The van der Waals surface area contributed by atoms with Gasteiger partial charge in [-0.25, -0.2) is 15.2 Å². The molecule has 1 aromatic carbocycles. The number of hydrogen-bond donors (Lipinski definition) is 4. The van der Waals surface area contributed by atoms with Crippen molar-refractivity contribution >= 4 is 28.6 Å². The zero-order valence-electron chi connectivity index (χ0n) is 10.7. The zero-order chi connectivity index (χ0) is 14.8. The summed E-state index contributed by atoms with van der Waals surface area (Å²) >= 11 is 1.31. The number of thioether (sulfide) groups is 1. The van der Waals surface area contributed by atoms with Gasteiger partial charge >= 0.3 is 0 Å². The van der Waals surface area contributed by atoms with Gasteiger partial charge in [0.2, 0.25) is 0 Å². The van der Waals surface area contributed by atoms with Gasteiger partial charge in [0.15, 0.2) is 22.0 Å². The molecule has 0 radical (unpaired) electrons. The van der Waals surface area contributed by atoms with Crippen molar-refractivity contribution in [2.75, 3.05) is 0 Å². The molecule has 21 heavy (non-hydrogen) atoms. The second-order valence-electron chi connectivity index (χ2n) is 4.27. The lowest BCUT2D eigenvalue weighted by molar-refractivity contribution is -0.991. The van der Waals surface area contributed by atoms with Crippen molar-refractivity contribution in [3.8, 4) is 0 Å². The highest BCUT2D eigenvalue weighted by Gasteiger charge is 2.07. The maximum atomic E-state index is 11.8. The predicted octanol–water partition coefficient (Wildman–Crippen LogP) is 0.342. The van der Waals surface area contributed by atoms with Gasteiger partial charge in [-0.2, -0.15) is 5.23 Å². The summed E-state index contributed by atoms with van der Waals surface area (Å²) in [7, 11) is 0. The molecule has 0 spiro atoms. The van der Waals surface area contributed by atoms with Gasteiger partial charge < -0.3 is 10.2 Å². The smallest absolute Gasteiger partial charge is 0.277 e. The van der Waals surface area contributed by atoms with Crippen LogP contribution in [0.25, 0.3) is 11.2 Å². The van der Waals surface area contributed by atoms with Crippen LogP contribution in [0.15, 0.2) is 40.5 Å². The highest BCUT2D eigenvalue weighted by atomic mass is 32.2.